The Labute approximate surface area is 162 Å². The fourth-order valence-corrected chi connectivity index (χ4v) is 3.90. The Hall–Kier alpha value is -2.67. The molecular weight excluding hydrogens is 368 g/mol. The van der Waals surface area contributed by atoms with Gasteiger partial charge in [-0.05, 0) is 37.6 Å². The lowest BCUT2D eigenvalue weighted by Crippen LogP contribution is -2.47. The molecule has 1 heterocycles. The SMILES string of the molecule is COc1cccc(OC)c1C(c1ccc(F)cc1F)N1CCCCC1C(=O)O. The number of hydrogen-bond donors (Lipinski definition) is 1. The summed E-state index contributed by atoms with van der Waals surface area (Å²) in [7, 11) is 2.97. The quantitative estimate of drug-likeness (QED) is 0.806. The predicted molar refractivity (Wildman–Crippen MR) is 99.7 cm³/mol. The maximum atomic E-state index is 14.8. The first-order valence-electron chi connectivity index (χ1n) is 9.12. The summed E-state index contributed by atoms with van der Waals surface area (Å²) in [5.41, 5.74) is 0.698. The van der Waals surface area contributed by atoms with Crippen LogP contribution in [0.25, 0.3) is 0 Å². The van der Waals surface area contributed by atoms with Crippen molar-refractivity contribution in [3.05, 3.63) is 59.2 Å². The first-order valence-corrected chi connectivity index (χ1v) is 9.12. The molecule has 28 heavy (non-hydrogen) atoms. The number of rotatable bonds is 6. The highest BCUT2D eigenvalue weighted by Gasteiger charge is 2.38. The van der Waals surface area contributed by atoms with Gasteiger partial charge >= 0.3 is 5.97 Å². The third kappa shape index (κ3) is 3.80. The van der Waals surface area contributed by atoms with Crippen molar-refractivity contribution < 1.29 is 28.2 Å². The van der Waals surface area contributed by atoms with Gasteiger partial charge in [-0.1, -0.05) is 18.6 Å². The highest BCUT2D eigenvalue weighted by Crippen LogP contribution is 2.43. The Bertz CT molecular complexity index is 836. The van der Waals surface area contributed by atoms with Gasteiger partial charge in [-0.25, -0.2) is 8.78 Å². The number of likely N-dealkylation sites (tertiary alicyclic amines) is 1. The van der Waals surface area contributed by atoms with E-state index in [2.05, 4.69) is 0 Å². The number of carboxylic acids is 1. The molecule has 2 aromatic rings. The molecule has 0 amide bonds. The molecule has 2 atom stereocenters. The minimum Gasteiger partial charge on any atom is -0.496 e. The minimum atomic E-state index is -0.971. The zero-order chi connectivity index (χ0) is 20.3. The van der Waals surface area contributed by atoms with Crippen molar-refractivity contribution in [3.63, 3.8) is 0 Å². The van der Waals surface area contributed by atoms with Crippen LogP contribution in [0.5, 0.6) is 11.5 Å². The van der Waals surface area contributed by atoms with Gasteiger partial charge < -0.3 is 14.6 Å². The van der Waals surface area contributed by atoms with Gasteiger partial charge in [0.25, 0.3) is 0 Å². The van der Waals surface area contributed by atoms with E-state index in [1.807, 2.05) is 0 Å². The van der Waals surface area contributed by atoms with Gasteiger partial charge in [-0.2, -0.15) is 0 Å². The van der Waals surface area contributed by atoms with E-state index >= 15 is 0 Å². The zero-order valence-electron chi connectivity index (χ0n) is 15.8. The van der Waals surface area contributed by atoms with Crippen LogP contribution in [0.2, 0.25) is 0 Å². The molecule has 0 aliphatic carbocycles. The summed E-state index contributed by atoms with van der Waals surface area (Å²) in [5.74, 6) is -1.51. The number of piperidine rings is 1. The van der Waals surface area contributed by atoms with E-state index in [1.54, 1.807) is 23.1 Å². The topological polar surface area (TPSA) is 59.0 Å². The molecule has 1 saturated heterocycles. The number of halogens is 2. The lowest BCUT2D eigenvalue weighted by molar-refractivity contribution is -0.145. The van der Waals surface area contributed by atoms with Crippen LogP contribution in [-0.4, -0.2) is 42.8 Å². The number of aliphatic carboxylic acids is 1. The Morgan fingerprint density at radius 1 is 1.14 bits per heavy atom. The lowest BCUT2D eigenvalue weighted by atomic mass is 9.90. The number of methoxy groups -OCH3 is 2. The van der Waals surface area contributed by atoms with Crippen molar-refractivity contribution in [1.82, 2.24) is 4.90 Å². The first kappa shape index (κ1) is 20.1. The van der Waals surface area contributed by atoms with Gasteiger partial charge in [0.05, 0.1) is 25.8 Å². The third-order valence-corrected chi connectivity index (χ3v) is 5.16. The molecule has 1 N–H and O–H groups in total. The Morgan fingerprint density at radius 3 is 2.39 bits per heavy atom. The van der Waals surface area contributed by atoms with E-state index in [0.29, 0.717) is 30.0 Å². The second kappa shape index (κ2) is 8.56. The van der Waals surface area contributed by atoms with E-state index in [-0.39, 0.29) is 5.56 Å². The maximum Gasteiger partial charge on any atom is 0.320 e. The van der Waals surface area contributed by atoms with Crippen LogP contribution < -0.4 is 9.47 Å². The van der Waals surface area contributed by atoms with Crippen LogP contribution in [0.15, 0.2) is 36.4 Å². The fourth-order valence-electron chi connectivity index (χ4n) is 3.90. The highest BCUT2D eigenvalue weighted by molar-refractivity contribution is 5.74. The molecule has 150 valence electrons. The summed E-state index contributed by atoms with van der Waals surface area (Å²) in [4.78, 5) is 13.7. The second-order valence-electron chi connectivity index (χ2n) is 6.73. The number of benzene rings is 2. The van der Waals surface area contributed by atoms with Crippen LogP contribution in [0.1, 0.15) is 36.4 Å². The molecular formula is C21H23F2NO4. The Morgan fingerprint density at radius 2 is 1.82 bits per heavy atom. The highest BCUT2D eigenvalue weighted by atomic mass is 19.1. The van der Waals surface area contributed by atoms with Crippen LogP contribution in [-0.2, 0) is 4.79 Å². The van der Waals surface area contributed by atoms with Crippen molar-refractivity contribution >= 4 is 5.97 Å². The lowest BCUT2D eigenvalue weighted by Gasteiger charge is -2.40. The monoisotopic (exact) mass is 391 g/mol. The van der Waals surface area contributed by atoms with Crippen LogP contribution in [0.3, 0.4) is 0 Å². The van der Waals surface area contributed by atoms with Gasteiger partial charge in [-0.15, -0.1) is 0 Å². The van der Waals surface area contributed by atoms with E-state index in [1.165, 1.54) is 26.4 Å². The molecule has 2 aromatic carbocycles. The summed E-state index contributed by atoms with van der Waals surface area (Å²) in [5, 5.41) is 9.76. The number of carboxylic acid groups (broad SMARTS) is 1. The van der Waals surface area contributed by atoms with Crippen molar-refractivity contribution in [2.75, 3.05) is 20.8 Å². The van der Waals surface area contributed by atoms with Gasteiger partial charge in [0.15, 0.2) is 0 Å². The van der Waals surface area contributed by atoms with Gasteiger partial charge in [0.1, 0.15) is 29.2 Å². The molecule has 0 radical (unpaired) electrons. The van der Waals surface area contributed by atoms with Crippen molar-refractivity contribution in [2.24, 2.45) is 0 Å². The number of ether oxygens (including phenoxy) is 2. The summed E-state index contributed by atoms with van der Waals surface area (Å²) < 4.78 is 39.4. The number of hydrogen-bond acceptors (Lipinski definition) is 4. The summed E-state index contributed by atoms with van der Waals surface area (Å²) >= 11 is 0. The molecule has 5 nitrogen and oxygen atoms in total. The fraction of sp³-hybridized carbons (Fsp3) is 0.381. The summed E-state index contributed by atoms with van der Waals surface area (Å²) in [6.45, 7) is 0.458. The van der Waals surface area contributed by atoms with Crippen LogP contribution in [0.4, 0.5) is 8.78 Å². The van der Waals surface area contributed by atoms with Gasteiger partial charge in [-0.3, -0.25) is 9.69 Å². The molecule has 3 rings (SSSR count). The molecule has 1 fully saturated rings. The van der Waals surface area contributed by atoms with Gasteiger partial charge in [0.2, 0.25) is 0 Å². The van der Waals surface area contributed by atoms with Crippen LogP contribution in [0, 0.1) is 11.6 Å². The molecule has 0 spiro atoms. The molecule has 1 aliphatic rings. The molecule has 0 saturated carbocycles. The minimum absolute atomic E-state index is 0.178. The van der Waals surface area contributed by atoms with E-state index in [4.69, 9.17) is 9.47 Å². The molecule has 1 aliphatic heterocycles. The molecule has 0 bridgehead atoms. The Balaban J connectivity index is 2.25. The number of nitrogens with zero attached hydrogens (tertiary/aromatic N) is 1. The number of carbonyl (C=O) groups is 1. The Kier molecular flexibility index (Phi) is 6.14. The summed E-state index contributed by atoms with van der Waals surface area (Å²) in [6, 6.07) is 6.92. The molecule has 7 heteroatoms. The third-order valence-electron chi connectivity index (χ3n) is 5.16. The van der Waals surface area contributed by atoms with Gasteiger partial charge in [0, 0.05) is 11.6 Å². The summed E-state index contributed by atoms with van der Waals surface area (Å²) in [6.07, 6.45) is 2.00. The molecule has 0 aromatic heterocycles. The average Bonchev–Trinajstić information content (AvgIpc) is 2.70. The normalized spacial score (nSPS) is 18.5. The van der Waals surface area contributed by atoms with E-state index in [9.17, 15) is 18.7 Å². The first-order chi connectivity index (χ1) is 13.5. The van der Waals surface area contributed by atoms with Crippen molar-refractivity contribution in [3.8, 4) is 11.5 Å². The predicted octanol–water partition coefficient (Wildman–Crippen LogP) is 4.01. The molecule has 2 unspecified atom stereocenters. The standard InChI is InChI=1S/C21H23F2NO4/c1-27-17-7-5-8-18(28-2)19(17)20(14-10-9-13(22)12-15(14)23)24-11-4-3-6-16(24)21(25)26/h5,7-10,12,16,20H,3-4,6,11H2,1-2H3,(H,25,26). The van der Waals surface area contributed by atoms with Crippen molar-refractivity contribution in [2.45, 2.75) is 31.3 Å². The van der Waals surface area contributed by atoms with Crippen molar-refractivity contribution in [1.29, 1.82) is 0 Å². The second-order valence-corrected chi connectivity index (χ2v) is 6.73. The van der Waals surface area contributed by atoms with E-state index in [0.717, 1.165) is 18.9 Å². The maximum absolute atomic E-state index is 14.8. The smallest absolute Gasteiger partial charge is 0.320 e. The van der Waals surface area contributed by atoms with E-state index < -0.39 is 29.7 Å². The largest absolute Gasteiger partial charge is 0.496 e. The average molecular weight is 391 g/mol. The zero-order valence-corrected chi connectivity index (χ0v) is 15.8. The van der Waals surface area contributed by atoms with Crippen LogP contribution >= 0.6 is 0 Å².